The van der Waals surface area contributed by atoms with E-state index in [0.717, 1.165) is 6.42 Å². The van der Waals surface area contributed by atoms with Gasteiger partial charge in [0.25, 0.3) is 5.56 Å². The molecule has 1 atom stereocenters. The maximum Gasteiger partial charge on any atom is 0.263 e. The van der Waals surface area contributed by atoms with Gasteiger partial charge in [0.2, 0.25) is 11.9 Å². The van der Waals surface area contributed by atoms with Gasteiger partial charge in [0.05, 0.1) is 19.0 Å². The lowest BCUT2D eigenvalue weighted by Crippen LogP contribution is -2.44. The van der Waals surface area contributed by atoms with Crippen molar-refractivity contribution in [3.63, 3.8) is 0 Å². The fraction of sp³-hybridized carbons (Fsp3) is 0.333. The average Bonchev–Trinajstić information content (AvgIpc) is 3.31. The molecule has 1 saturated heterocycles. The molecule has 0 saturated carbocycles. The maximum atomic E-state index is 12.5. The van der Waals surface area contributed by atoms with Gasteiger partial charge in [-0.2, -0.15) is 10.1 Å². The van der Waals surface area contributed by atoms with Crippen molar-refractivity contribution in [2.75, 3.05) is 11.4 Å². The van der Waals surface area contributed by atoms with Crippen LogP contribution in [0.5, 0.6) is 0 Å². The number of nitrogens with zero attached hydrogens (tertiary/aromatic N) is 3. The molecule has 1 amide bonds. The highest BCUT2D eigenvalue weighted by Gasteiger charge is 2.32. The quantitative estimate of drug-likeness (QED) is 0.642. The first-order valence-corrected chi connectivity index (χ1v) is 7.72. The highest BCUT2D eigenvalue weighted by Crippen LogP contribution is 2.22. The number of anilines is 1. The Labute approximate surface area is 136 Å². The van der Waals surface area contributed by atoms with Crippen LogP contribution in [0.3, 0.4) is 0 Å². The van der Waals surface area contributed by atoms with E-state index in [2.05, 4.69) is 25.5 Å². The Bertz CT molecular complexity index is 913. The number of nitrogens with one attached hydrogen (secondary N) is 3. The van der Waals surface area contributed by atoms with Crippen molar-refractivity contribution in [2.24, 2.45) is 0 Å². The van der Waals surface area contributed by atoms with Gasteiger partial charge in [0, 0.05) is 6.54 Å². The number of aromatic nitrogens is 4. The van der Waals surface area contributed by atoms with Crippen molar-refractivity contribution in [2.45, 2.75) is 25.4 Å². The van der Waals surface area contributed by atoms with Crippen LogP contribution in [-0.4, -0.2) is 38.7 Å². The van der Waals surface area contributed by atoms with E-state index in [9.17, 15) is 9.59 Å². The molecule has 4 heterocycles. The first-order valence-electron chi connectivity index (χ1n) is 7.72. The molecule has 24 heavy (non-hydrogen) atoms. The van der Waals surface area contributed by atoms with Crippen LogP contribution in [0, 0.1) is 0 Å². The standard InChI is InChI=1S/C15H16N6O3/c22-13-10-8-17-20-12(10)18-15(19-13)21-5-1-4-11(21)14(23)16-7-9-3-2-6-24-9/h2-3,6,8,11H,1,4-5,7H2,(H,16,23)(H2,17,18,19,20,22)/t11-/m1/s1. The number of H-pyrrole nitrogens is 2. The Hall–Kier alpha value is -3.10. The number of carbonyl (C=O) groups excluding carboxylic acids is 1. The summed E-state index contributed by atoms with van der Waals surface area (Å²) < 4.78 is 5.21. The number of rotatable bonds is 4. The van der Waals surface area contributed by atoms with Gasteiger partial charge < -0.3 is 14.6 Å². The third kappa shape index (κ3) is 2.53. The fourth-order valence-corrected chi connectivity index (χ4v) is 2.97. The van der Waals surface area contributed by atoms with Crippen molar-refractivity contribution in [1.29, 1.82) is 0 Å². The summed E-state index contributed by atoms with van der Waals surface area (Å²) >= 11 is 0. The van der Waals surface area contributed by atoms with Crippen molar-refractivity contribution in [3.05, 3.63) is 40.7 Å². The number of hydrogen-bond acceptors (Lipinski definition) is 6. The van der Waals surface area contributed by atoms with Crippen molar-refractivity contribution in [3.8, 4) is 0 Å². The average molecular weight is 328 g/mol. The molecule has 3 aromatic rings. The summed E-state index contributed by atoms with van der Waals surface area (Å²) in [6, 6.07) is 3.21. The van der Waals surface area contributed by atoms with Gasteiger partial charge >= 0.3 is 0 Å². The molecule has 0 unspecified atom stereocenters. The van der Waals surface area contributed by atoms with E-state index in [4.69, 9.17) is 4.42 Å². The van der Waals surface area contributed by atoms with Gasteiger partial charge in [-0.15, -0.1) is 0 Å². The third-order valence-corrected chi connectivity index (χ3v) is 4.15. The summed E-state index contributed by atoms with van der Waals surface area (Å²) in [6.07, 6.45) is 4.55. The number of hydrogen-bond donors (Lipinski definition) is 3. The lowest BCUT2D eigenvalue weighted by atomic mass is 10.2. The zero-order valence-electron chi connectivity index (χ0n) is 12.8. The summed E-state index contributed by atoms with van der Waals surface area (Å²) in [6.45, 7) is 0.987. The van der Waals surface area contributed by atoms with Crippen molar-refractivity contribution < 1.29 is 9.21 Å². The van der Waals surface area contributed by atoms with Crippen molar-refractivity contribution >= 4 is 22.9 Å². The predicted molar refractivity (Wildman–Crippen MR) is 85.4 cm³/mol. The molecule has 9 nitrogen and oxygen atoms in total. The van der Waals surface area contributed by atoms with E-state index in [-0.39, 0.29) is 17.5 Å². The normalized spacial score (nSPS) is 17.5. The van der Waals surface area contributed by atoms with E-state index in [1.54, 1.807) is 18.4 Å². The minimum atomic E-state index is -0.372. The third-order valence-electron chi connectivity index (χ3n) is 4.15. The minimum Gasteiger partial charge on any atom is -0.467 e. The topological polar surface area (TPSA) is 120 Å². The second-order valence-electron chi connectivity index (χ2n) is 5.67. The molecule has 0 aromatic carbocycles. The molecule has 1 aliphatic heterocycles. The first-order chi connectivity index (χ1) is 11.7. The van der Waals surface area contributed by atoms with Gasteiger partial charge in [0.15, 0.2) is 5.65 Å². The maximum absolute atomic E-state index is 12.5. The van der Waals surface area contributed by atoms with E-state index in [1.807, 2.05) is 4.90 Å². The number of amides is 1. The second-order valence-corrected chi connectivity index (χ2v) is 5.67. The number of aromatic amines is 2. The first kappa shape index (κ1) is 14.5. The Balaban J connectivity index is 1.55. The SMILES string of the molecule is O=C(NCc1ccco1)[C@H]1CCCN1c1nc2[nH]ncc2c(=O)[nH]1. The largest absolute Gasteiger partial charge is 0.467 e. The highest BCUT2D eigenvalue weighted by molar-refractivity contribution is 5.85. The smallest absolute Gasteiger partial charge is 0.263 e. The molecule has 0 spiro atoms. The number of fused-ring (bicyclic) bond motifs is 1. The number of carbonyl (C=O) groups is 1. The molecule has 0 aliphatic carbocycles. The molecule has 0 bridgehead atoms. The van der Waals surface area contributed by atoms with E-state index in [1.165, 1.54) is 6.20 Å². The van der Waals surface area contributed by atoms with Gasteiger partial charge in [-0.25, -0.2) is 0 Å². The summed E-state index contributed by atoms with van der Waals surface area (Å²) in [5, 5.41) is 9.78. The molecular formula is C15H16N6O3. The molecule has 9 heteroatoms. The van der Waals surface area contributed by atoms with Crippen LogP contribution >= 0.6 is 0 Å². The van der Waals surface area contributed by atoms with Crippen LogP contribution in [0.2, 0.25) is 0 Å². The van der Waals surface area contributed by atoms with Gasteiger partial charge in [0.1, 0.15) is 17.2 Å². The van der Waals surface area contributed by atoms with Crippen LogP contribution in [0.4, 0.5) is 5.95 Å². The summed E-state index contributed by atoms with van der Waals surface area (Å²) in [4.78, 5) is 33.5. The van der Waals surface area contributed by atoms with Crippen molar-refractivity contribution in [1.82, 2.24) is 25.5 Å². The molecule has 0 radical (unpaired) electrons. The van der Waals surface area contributed by atoms with E-state index < -0.39 is 0 Å². The zero-order chi connectivity index (χ0) is 16.5. The summed E-state index contributed by atoms with van der Waals surface area (Å²) in [5.41, 5.74) is 0.140. The Morgan fingerprint density at radius 3 is 3.25 bits per heavy atom. The molecule has 3 aromatic heterocycles. The molecule has 1 aliphatic rings. The van der Waals surface area contributed by atoms with Gasteiger partial charge in [-0.05, 0) is 25.0 Å². The van der Waals surface area contributed by atoms with Crippen LogP contribution in [-0.2, 0) is 11.3 Å². The highest BCUT2D eigenvalue weighted by atomic mass is 16.3. The van der Waals surface area contributed by atoms with Gasteiger partial charge in [-0.1, -0.05) is 0 Å². The molecule has 124 valence electrons. The van der Waals surface area contributed by atoms with Crippen LogP contribution < -0.4 is 15.8 Å². The lowest BCUT2D eigenvalue weighted by molar-refractivity contribution is -0.122. The molecule has 1 fully saturated rings. The monoisotopic (exact) mass is 328 g/mol. The Morgan fingerprint density at radius 2 is 2.42 bits per heavy atom. The number of furan rings is 1. The predicted octanol–water partition coefficient (Wildman–Crippen LogP) is 0.524. The summed E-state index contributed by atoms with van der Waals surface area (Å²) in [5.74, 6) is 0.960. The Kier molecular flexibility index (Phi) is 3.52. The van der Waals surface area contributed by atoms with Crippen LogP contribution in [0.15, 0.2) is 33.8 Å². The molecular weight excluding hydrogens is 312 g/mol. The second kappa shape index (κ2) is 5.84. The molecule has 4 rings (SSSR count). The van der Waals surface area contributed by atoms with E-state index in [0.29, 0.717) is 42.3 Å². The molecule has 3 N–H and O–H groups in total. The lowest BCUT2D eigenvalue weighted by Gasteiger charge is -2.24. The zero-order valence-corrected chi connectivity index (χ0v) is 12.8. The summed E-state index contributed by atoms with van der Waals surface area (Å²) in [7, 11) is 0. The fourth-order valence-electron chi connectivity index (χ4n) is 2.97. The van der Waals surface area contributed by atoms with Crippen LogP contribution in [0.25, 0.3) is 11.0 Å². The van der Waals surface area contributed by atoms with Gasteiger partial charge in [-0.3, -0.25) is 19.7 Å². The Morgan fingerprint density at radius 1 is 1.50 bits per heavy atom. The minimum absolute atomic E-state index is 0.115. The van der Waals surface area contributed by atoms with E-state index >= 15 is 0 Å². The van der Waals surface area contributed by atoms with Crippen LogP contribution in [0.1, 0.15) is 18.6 Å².